The maximum absolute atomic E-state index is 11.8. The van der Waals surface area contributed by atoms with Gasteiger partial charge in [0.15, 0.2) is 0 Å². The SMILES string of the molecule is Cc1cc(Br)c(NC(=O)c2cscn2)cc1[N+](=O)[O-]. The third-order valence-electron chi connectivity index (χ3n) is 2.40. The van der Waals surface area contributed by atoms with Crippen LogP contribution in [0.2, 0.25) is 0 Å². The molecule has 0 bridgehead atoms. The zero-order valence-corrected chi connectivity index (χ0v) is 12.1. The number of carbonyl (C=O) groups excluding carboxylic acids is 1. The van der Waals surface area contributed by atoms with Gasteiger partial charge in [-0.2, -0.15) is 0 Å². The van der Waals surface area contributed by atoms with Gasteiger partial charge in [-0.05, 0) is 28.9 Å². The Morgan fingerprint density at radius 3 is 2.84 bits per heavy atom. The molecular weight excluding hydrogens is 334 g/mol. The van der Waals surface area contributed by atoms with Crippen molar-refractivity contribution < 1.29 is 9.72 Å². The first-order chi connectivity index (χ1) is 8.99. The molecule has 98 valence electrons. The van der Waals surface area contributed by atoms with Crippen LogP contribution in [0.1, 0.15) is 16.1 Å². The number of benzene rings is 1. The van der Waals surface area contributed by atoms with Gasteiger partial charge in [0.1, 0.15) is 5.69 Å². The number of aromatic nitrogens is 1. The molecule has 1 aromatic heterocycles. The summed E-state index contributed by atoms with van der Waals surface area (Å²) in [6.45, 7) is 1.63. The molecule has 1 amide bonds. The summed E-state index contributed by atoms with van der Waals surface area (Å²) in [6, 6.07) is 2.92. The summed E-state index contributed by atoms with van der Waals surface area (Å²) < 4.78 is 0.583. The Hall–Kier alpha value is -1.80. The monoisotopic (exact) mass is 341 g/mol. The van der Waals surface area contributed by atoms with Crippen LogP contribution in [-0.4, -0.2) is 15.8 Å². The first-order valence-corrected chi connectivity index (χ1v) is 6.86. The first kappa shape index (κ1) is 13.6. The molecule has 8 heteroatoms. The van der Waals surface area contributed by atoms with Crippen molar-refractivity contribution in [1.82, 2.24) is 4.98 Å². The largest absolute Gasteiger partial charge is 0.319 e. The minimum atomic E-state index is -0.486. The maximum Gasteiger partial charge on any atom is 0.275 e. The van der Waals surface area contributed by atoms with Crippen LogP contribution in [0.3, 0.4) is 0 Å². The van der Waals surface area contributed by atoms with Crippen LogP contribution in [0.15, 0.2) is 27.5 Å². The van der Waals surface area contributed by atoms with Crippen molar-refractivity contribution in [2.75, 3.05) is 5.32 Å². The van der Waals surface area contributed by atoms with Crippen molar-refractivity contribution in [3.8, 4) is 0 Å². The molecule has 0 spiro atoms. The van der Waals surface area contributed by atoms with Crippen LogP contribution < -0.4 is 5.32 Å². The van der Waals surface area contributed by atoms with Crippen LogP contribution >= 0.6 is 27.3 Å². The third kappa shape index (κ3) is 2.96. The third-order valence-corrected chi connectivity index (χ3v) is 3.64. The van der Waals surface area contributed by atoms with Crippen LogP contribution in [-0.2, 0) is 0 Å². The molecule has 0 fully saturated rings. The van der Waals surface area contributed by atoms with E-state index >= 15 is 0 Å². The predicted octanol–water partition coefficient (Wildman–Crippen LogP) is 3.37. The number of hydrogen-bond acceptors (Lipinski definition) is 5. The molecule has 1 aromatic carbocycles. The van der Waals surface area contributed by atoms with E-state index in [0.29, 0.717) is 15.7 Å². The zero-order valence-electron chi connectivity index (χ0n) is 9.71. The molecular formula is C11H8BrN3O3S. The van der Waals surface area contributed by atoms with Gasteiger partial charge in [-0.1, -0.05) is 0 Å². The van der Waals surface area contributed by atoms with E-state index in [0.717, 1.165) is 0 Å². The molecule has 0 saturated carbocycles. The van der Waals surface area contributed by atoms with Crippen LogP contribution in [0, 0.1) is 17.0 Å². The van der Waals surface area contributed by atoms with E-state index in [1.165, 1.54) is 17.4 Å². The van der Waals surface area contributed by atoms with Crippen molar-refractivity contribution in [2.45, 2.75) is 6.92 Å². The van der Waals surface area contributed by atoms with Crippen molar-refractivity contribution in [3.63, 3.8) is 0 Å². The fourth-order valence-corrected chi connectivity index (χ4v) is 2.55. The van der Waals surface area contributed by atoms with Gasteiger partial charge in [0.2, 0.25) is 0 Å². The highest BCUT2D eigenvalue weighted by Crippen LogP contribution is 2.30. The highest BCUT2D eigenvalue weighted by molar-refractivity contribution is 9.10. The zero-order chi connectivity index (χ0) is 14.0. The van der Waals surface area contributed by atoms with E-state index in [2.05, 4.69) is 26.2 Å². The number of halogens is 1. The standard InChI is InChI=1S/C11H8BrN3O3S/c1-6-2-7(12)8(3-10(6)15(17)18)14-11(16)9-4-19-5-13-9/h2-5H,1H3,(H,14,16). The number of aryl methyl sites for hydroxylation is 1. The van der Waals surface area contributed by atoms with E-state index in [1.54, 1.807) is 23.9 Å². The molecule has 1 N–H and O–H groups in total. The van der Waals surface area contributed by atoms with Gasteiger partial charge in [-0.15, -0.1) is 11.3 Å². The van der Waals surface area contributed by atoms with Gasteiger partial charge in [0.05, 0.1) is 16.1 Å². The number of nitro groups is 1. The van der Waals surface area contributed by atoms with E-state index in [1.807, 2.05) is 0 Å². The second-order valence-electron chi connectivity index (χ2n) is 3.70. The number of hydrogen-bond donors (Lipinski definition) is 1. The quantitative estimate of drug-likeness (QED) is 0.684. The molecule has 0 saturated heterocycles. The molecule has 6 nitrogen and oxygen atoms in total. The fraction of sp³-hybridized carbons (Fsp3) is 0.0909. The molecule has 2 rings (SSSR count). The minimum absolute atomic E-state index is 0.0447. The molecule has 2 aromatic rings. The lowest BCUT2D eigenvalue weighted by molar-refractivity contribution is -0.385. The Morgan fingerprint density at radius 2 is 2.26 bits per heavy atom. The maximum atomic E-state index is 11.8. The Morgan fingerprint density at radius 1 is 1.53 bits per heavy atom. The molecule has 0 aliphatic rings. The fourth-order valence-electron chi connectivity index (χ4n) is 1.46. The lowest BCUT2D eigenvalue weighted by Gasteiger charge is -2.07. The second kappa shape index (κ2) is 5.45. The predicted molar refractivity (Wildman–Crippen MR) is 75.6 cm³/mol. The lowest BCUT2D eigenvalue weighted by atomic mass is 10.2. The molecule has 0 atom stereocenters. The lowest BCUT2D eigenvalue weighted by Crippen LogP contribution is -2.13. The summed E-state index contributed by atoms with van der Waals surface area (Å²) in [7, 11) is 0. The summed E-state index contributed by atoms with van der Waals surface area (Å²) in [6.07, 6.45) is 0. The Labute approximate surface area is 120 Å². The molecule has 1 heterocycles. The second-order valence-corrected chi connectivity index (χ2v) is 5.28. The molecule has 0 radical (unpaired) electrons. The van der Waals surface area contributed by atoms with Crippen LogP contribution in [0.25, 0.3) is 0 Å². The number of nitrogens with one attached hydrogen (secondary N) is 1. The van der Waals surface area contributed by atoms with Gasteiger partial charge in [-0.3, -0.25) is 14.9 Å². The average molecular weight is 342 g/mol. The minimum Gasteiger partial charge on any atom is -0.319 e. The summed E-state index contributed by atoms with van der Waals surface area (Å²) in [5.74, 6) is -0.403. The summed E-state index contributed by atoms with van der Waals surface area (Å²) in [5, 5.41) is 15.1. The van der Waals surface area contributed by atoms with E-state index in [9.17, 15) is 14.9 Å². The van der Waals surface area contributed by atoms with E-state index < -0.39 is 10.8 Å². The molecule has 19 heavy (non-hydrogen) atoms. The normalized spacial score (nSPS) is 10.2. The Balaban J connectivity index is 2.32. The number of carbonyl (C=O) groups is 1. The summed E-state index contributed by atoms with van der Waals surface area (Å²) >= 11 is 4.57. The van der Waals surface area contributed by atoms with Crippen molar-refractivity contribution in [1.29, 1.82) is 0 Å². The number of nitrogens with zero attached hydrogens (tertiary/aromatic N) is 2. The number of amides is 1. The number of rotatable bonds is 3. The highest BCUT2D eigenvalue weighted by Gasteiger charge is 2.16. The van der Waals surface area contributed by atoms with Gasteiger partial charge in [0.25, 0.3) is 11.6 Å². The summed E-state index contributed by atoms with van der Waals surface area (Å²) in [5.41, 5.74) is 2.64. The Bertz CT molecular complexity index is 643. The van der Waals surface area contributed by atoms with E-state index in [-0.39, 0.29) is 11.4 Å². The van der Waals surface area contributed by atoms with Gasteiger partial charge in [0, 0.05) is 21.5 Å². The van der Waals surface area contributed by atoms with Gasteiger partial charge >= 0.3 is 0 Å². The van der Waals surface area contributed by atoms with E-state index in [4.69, 9.17) is 0 Å². The van der Waals surface area contributed by atoms with Crippen molar-refractivity contribution >= 4 is 44.5 Å². The highest BCUT2D eigenvalue weighted by atomic mass is 79.9. The van der Waals surface area contributed by atoms with Crippen LogP contribution in [0.4, 0.5) is 11.4 Å². The average Bonchev–Trinajstić information content (AvgIpc) is 2.85. The number of thiazole rings is 1. The number of nitro benzene ring substituents is 1. The Kier molecular flexibility index (Phi) is 3.91. The number of anilines is 1. The van der Waals surface area contributed by atoms with Crippen molar-refractivity contribution in [3.05, 3.63) is 48.9 Å². The summed E-state index contributed by atoms with van der Waals surface area (Å²) in [4.78, 5) is 26.1. The van der Waals surface area contributed by atoms with Gasteiger partial charge < -0.3 is 5.32 Å². The molecule has 0 aliphatic heterocycles. The van der Waals surface area contributed by atoms with Gasteiger partial charge in [-0.25, -0.2) is 4.98 Å². The van der Waals surface area contributed by atoms with Crippen LogP contribution in [0.5, 0.6) is 0 Å². The molecule has 0 aliphatic carbocycles. The molecule has 0 unspecified atom stereocenters. The topological polar surface area (TPSA) is 85.1 Å². The van der Waals surface area contributed by atoms with Crippen molar-refractivity contribution in [2.24, 2.45) is 0 Å². The first-order valence-electron chi connectivity index (χ1n) is 5.13. The smallest absolute Gasteiger partial charge is 0.275 e.